The van der Waals surface area contributed by atoms with E-state index in [4.69, 9.17) is 0 Å². The van der Waals surface area contributed by atoms with E-state index in [2.05, 4.69) is 5.32 Å². The molecular weight excluding hydrogens is 306 g/mol. The lowest BCUT2D eigenvalue weighted by Crippen LogP contribution is -2.30. The minimum atomic E-state index is -0.388. The van der Waals surface area contributed by atoms with E-state index in [1.807, 2.05) is 36.6 Å². The fraction of sp³-hybridized carbons (Fsp3) is 0.222. The van der Waals surface area contributed by atoms with Crippen LogP contribution in [0, 0.1) is 13.8 Å². The van der Waals surface area contributed by atoms with Crippen molar-refractivity contribution in [3.05, 3.63) is 53.0 Å². The normalized spacial score (nSPS) is 16.1. The van der Waals surface area contributed by atoms with Gasteiger partial charge < -0.3 is 15.0 Å². The minimum absolute atomic E-state index is 0.211. The first-order valence-electron chi connectivity index (χ1n) is 7.75. The number of aryl methyl sites for hydroxylation is 1. The van der Waals surface area contributed by atoms with Crippen LogP contribution < -0.4 is 5.32 Å². The van der Waals surface area contributed by atoms with Gasteiger partial charge in [0.15, 0.2) is 0 Å². The molecule has 0 radical (unpaired) electrons. The van der Waals surface area contributed by atoms with Crippen LogP contribution in [0.1, 0.15) is 23.9 Å². The summed E-state index contributed by atoms with van der Waals surface area (Å²) in [6.07, 6.45) is 1.70. The summed E-state index contributed by atoms with van der Waals surface area (Å²) in [5.41, 5.74) is 4.01. The Kier molecular flexibility index (Phi) is 3.89. The van der Waals surface area contributed by atoms with Crippen LogP contribution in [0.25, 0.3) is 11.8 Å². The maximum atomic E-state index is 12.2. The van der Waals surface area contributed by atoms with Gasteiger partial charge in [-0.1, -0.05) is 0 Å². The van der Waals surface area contributed by atoms with Crippen molar-refractivity contribution in [3.8, 4) is 11.4 Å². The van der Waals surface area contributed by atoms with Crippen molar-refractivity contribution in [1.29, 1.82) is 0 Å². The monoisotopic (exact) mass is 325 g/mol. The zero-order chi connectivity index (χ0) is 17.4. The molecule has 1 aliphatic heterocycles. The number of amides is 3. The largest absolute Gasteiger partial charge is 0.508 e. The molecule has 6 nitrogen and oxygen atoms in total. The smallest absolute Gasteiger partial charge is 0.328 e. The Balaban J connectivity index is 2.01. The molecule has 0 spiro atoms. The van der Waals surface area contributed by atoms with Crippen molar-refractivity contribution in [2.45, 2.75) is 20.8 Å². The third kappa shape index (κ3) is 2.56. The first-order valence-corrected chi connectivity index (χ1v) is 7.75. The molecule has 0 aliphatic carbocycles. The lowest BCUT2D eigenvalue weighted by molar-refractivity contribution is -0.122. The zero-order valence-electron chi connectivity index (χ0n) is 13.8. The highest BCUT2D eigenvalue weighted by molar-refractivity contribution is 6.14. The standard InChI is InChI=1S/C18H19N3O3/c1-4-20-17(23)16(19-18(20)24)10-13-9-11(2)21(12(13)3)14-5-7-15(22)8-6-14/h5-10,22H,4H2,1-3H3,(H,19,24)/b16-10+. The van der Waals surface area contributed by atoms with Gasteiger partial charge in [0.2, 0.25) is 0 Å². The number of carbonyl (C=O) groups is 2. The van der Waals surface area contributed by atoms with Crippen molar-refractivity contribution in [2.24, 2.45) is 0 Å². The molecule has 3 amide bonds. The summed E-state index contributed by atoms with van der Waals surface area (Å²) in [6.45, 7) is 6.02. The number of hydrogen-bond acceptors (Lipinski definition) is 3. The number of benzene rings is 1. The lowest BCUT2D eigenvalue weighted by atomic mass is 10.2. The van der Waals surface area contributed by atoms with Crippen molar-refractivity contribution in [3.63, 3.8) is 0 Å². The second-order valence-corrected chi connectivity index (χ2v) is 5.72. The summed E-state index contributed by atoms with van der Waals surface area (Å²) in [5, 5.41) is 12.1. The fourth-order valence-corrected chi connectivity index (χ4v) is 2.95. The number of carbonyl (C=O) groups excluding carboxylic acids is 2. The number of hydrogen-bond donors (Lipinski definition) is 2. The average Bonchev–Trinajstić information content (AvgIpc) is 2.97. The molecule has 2 N–H and O–H groups in total. The number of nitrogens with zero attached hydrogens (tertiary/aromatic N) is 2. The molecule has 1 saturated heterocycles. The van der Waals surface area contributed by atoms with Crippen molar-refractivity contribution in [2.75, 3.05) is 6.54 Å². The number of phenols is 1. The van der Waals surface area contributed by atoms with E-state index < -0.39 is 0 Å². The van der Waals surface area contributed by atoms with Crippen LogP contribution in [-0.2, 0) is 4.79 Å². The van der Waals surface area contributed by atoms with Crippen LogP contribution in [0.5, 0.6) is 5.75 Å². The van der Waals surface area contributed by atoms with Gasteiger partial charge in [-0.3, -0.25) is 9.69 Å². The Labute approximate surface area is 140 Å². The number of urea groups is 1. The highest BCUT2D eigenvalue weighted by Crippen LogP contribution is 2.24. The number of aromatic hydroxyl groups is 1. The average molecular weight is 325 g/mol. The molecule has 1 aliphatic rings. The second kappa shape index (κ2) is 5.88. The molecule has 0 bridgehead atoms. The number of rotatable bonds is 3. The molecule has 3 rings (SSSR count). The maximum Gasteiger partial charge on any atom is 0.328 e. The quantitative estimate of drug-likeness (QED) is 0.673. The van der Waals surface area contributed by atoms with Crippen molar-refractivity contribution >= 4 is 18.0 Å². The molecule has 0 unspecified atom stereocenters. The third-order valence-corrected chi connectivity index (χ3v) is 4.16. The van der Waals surface area contributed by atoms with Gasteiger partial charge in [-0.2, -0.15) is 0 Å². The SMILES string of the molecule is CCN1C(=O)N/C(=C/c2cc(C)n(-c3ccc(O)cc3)c2C)C1=O. The molecule has 124 valence electrons. The number of nitrogens with one attached hydrogen (secondary N) is 1. The topological polar surface area (TPSA) is 74.6 Å². The summed E-state index contributed by atoms with van der Waals surface area (Å²) < 4.78 is 2.03. The van der Waals surface area contributed by atoms with E-state index in [0.29, 0.717) is 6.54 Å². The van der Waals surface area contributed by atoms with E-state index in [0.717, 1.165) is 22.6 Å². The summed E-state index contributed by atoms with van der Waals surface area (Å²) in [6, 6.07) is 8.49. The molecule has 0 saturated carbocycles. The van der Waals surface area contributed by atoms with Gasteiger partial charge in [0.05, 0.1) is 0 Å². The van der Waals surface area contributed by atoms with E-state index >= 15 is 0 Å². The first-order chi connectivity index (χ1) is 11.4. The van der Waals surface area contributed by atoms with E-state index in [9.17, 15) is 14.7 Å². The van der Waals surface area contributed by atoms with Gasteiger partial charge >= 0.3 is 6.03 Å². The Bertz CT molecular complexity index is 847. The highest BCUT2D eigenvalue weighted by Gasteiger charge is 2.32. The number of likely N-dealkylation sites (N-methyl/N-ethyl adjacent to an activating group) is 1. The lowest BCUT2D eigenvalue weighted by Gasteiger charge is -2.09. The molecular formula is C18H19N3O3. The molecule has 0 atom stereocenters. The van der Waals surface area contributed by atoms with Crippen LogP contribution in [0.4, 0.5) is 4.79 Å². The Morgan fingerprint density at radius 1 is 1.17 bits per heavy atom. The van der Waals surface area contributed by atoms with Crippen LogP contribution in [0.2, 0.25) is 0 Å². The zero-order valence-corrected chi connectivity index (χ0v) is 13.8. The maximum absolute atomic E-state index is 12.2. The van der Waals surface area contributed by atoms with Crippen molar-refractivity contribution in [1.82, 2.24) is 14.8 Å². The Morgan fingerprint density at radius 3 is 2.42 bits per heavy atom. The summed E-state index contributed by atoms with van der Waals surface area (Å²) in [4.78, 5) is 25.1. The molecule has 1 aromatic carbocycles. The van der Waals surface area contributed by atoms with E-state index in [1.165, 1.54) is 4.90 Å². The van der Waals surface area contributed by atoms with Crippen molar-refractivity contribution < 1.29 is 14.7 Å². The number of aromatic nitrogens is 1. The van der Waals surface area contributed by atoms with Crippen LogP contribution in [0.15, 0.2) is 36.0 Å². The second-order valence-electron chi connectivity index (χ2n) is 5.72. The van der Waals surface area contributed by atoms with Gasteiger partial charge in [-0.15, -0.1) is 0 Å². The van der Waals surface area contributed by atoms with Crippen LogP contribution in [0.3, 0.4) is 0 Å². The summed E-state index contributed by atoms with van der Waals surface area (Å²) in [5.74, 6) is -0.0978. The molecule has 2 aromatic rings. The minimum Gasteiger partial charge on any atom is -0.508 e. The molecule has 1 fully saturated rings. The van der Waals surface area contributed by atoms with Gasteiger partial charge in [-0.25, -0.2) is 4.79 Å². The van der Waals surface area contributed by atoms with E-state index in [1.54, 1.807) is 25.1 Å². The van der Waals surface area contributed by atoms with Crippen LogP contribution >= 0.6 is 0 Å². The predicted molar refractivity (Wildman–Crippen MR) is 90.8 cm³/mol. The van der Waals surface area contributed by atoms with Crippen LogP contribution in [-0.4, -0.2) is 33.1 Å². The molecule has 6 heteroatoms. The number of imide groups is 1. The van der Waals surface area contributed by atoms with Gasteiger partial charge in [-0.05, 0) is 62.7 Å². The highest BCUT2D eigenvalue weighted by atomic mass is 16.3. The molecule has 2 heterocycles. The van der Waals surface area contributed by atoms with Gasteiger partial charge in [0.1, 0.15) is 11.4 Å². The third-order valence-electron chi connectivity index (χ3n) is 4.16. The molecule has 1 aromatic heterocycles. The van der Waals surface area contributed by atoms with Gasteiger partial charge in [0, 0.05) is 23.6 Å². The summed E-state index contributed by atoms with van der Waals surface area (Å²) in [7, 11) is 0. The van der Waals surface area contributed by atoms with E-state index in [-0.39, 0.29) is 23.4 Å². The Hall–Kier alpha value is -3.02. The predicted octanol–water partition coefficient (Wildman–Crippen LogP) is 2.71. The summed E-state index contributed by atoms with van der Waals surface area (Å²) >= 11 is 0. The molecule has 24 heavy (non-hydrogen) atoms. The Morgan fingerprint density at radius 2 is 1.83 bits per heavy atom. The number of phenolic OH excluding ortho intramolecular Hbond substituents is 1. The first kappa shape index (κ1) is 15.9. The fourth-order valence-electron chi connectivity index (χ4n) is 2.95. The van der Waals surface area contributed by atoms with Gasteiger partial charge in [0.25, 0.3) is 5.91 Å².